The standard InChI is InChI=1S/C16H15NO3/c1-3-10-4-7-14-12(8-10)17-16(20-14)11-5-6-13(18)15(9-11)19-2/h4-9,18H,3H2,1-2H3. The van der Waals surface area contributed by atoms with Crippen LogP contribution in [0.25, 0.3) is 22.6 Å². The summed E-state index contributed by atoms with van der Waals surface area (Å²) < 4.78 is 10.8. The molecule has 0 fully saturated rings. The van der Waals surface area contributed by atoms with E-state index in [2.05, 4.69) is 11.9 Å². The Morgan fingerprint density at radius 3 is 2.80 bits per heavy atom. The van der Waals surface area contributed by atoms with E-state index in [0.29, 0.717) is 11.6 Å². The predicted octanol–water partition coefficient (Wildman–Crippen LogP) is 3.77. The van der Waals surface area contributed by atoms with E-state index >= 15 is 0 Å². The summed E-state index contributed by atoms with van der Waals surface area (Å²) in [5, 5.41) is 9.61. The van der Waals surface area contributed by atoms with Crippen molar-refractivity contribution in [1.82, 2.24) is 4.98 Å². The van der Waals surface area contributed by atoms with Crippen molar-refractivity contribution in [3.8, 4) is 23.0 Å². The van der Waals surface area contributed by atoms with Crippen molar-refractivity contribution in [2.75, 3.05) is 7.11 Å². The third-order valence-electron chi connectivity index (χ3n) is 3.29. The zero-order chi connectivity index (χ0) is 14.1. The number of phenolic OH excluding ortho intramolecular Hbond substituents is 1. The van der Waals surface area contributed by atoms with Crippen LogP contribution in [0.1, 0.15) is 12.5 Å². The van der Waals surface area contributed by atoms with Crippen LogP contribution in [0.15, 0.2) is 40.8 Å². The van der Waals surface area contributed by atoms with E-state index in [9.17, 15) is 5.11 Å². The maximum absolute atomic E-state index is 9.61. The van der Waals surface area contributed by atoms with Crippen molar-refractivity contribution >= 4 is 11.1 Å². The lowest BCUT2D eigenvalue weighted by molar-refractivity contribution is 0.373. The van der Waals surface area contributed by atoms with Crippen LogP contribution in [-0.2, 0) is 6.42 Å². The number of oxazole rings is 1. The molecule has 102 valence electrons. The average Bonchev–Trinajstić information content (AvgIpc) is 2.90. The van der Waals surface area contributed by atoms with Gasteiger partial charge in [-0.3, -0.25) is 0 Å². The van der Waals surface area contributed by atoms with Gasteiger partial charge in [0.25, 0.3) is 0 Å². The van der Waals surface area contributed by atoms with E-state index in [4.69, 9.17) is 9.15 Å². The molecule has 0 spiro atoms. The first-order valence-corrected chi connectivity index (χ1v) is 6.48. The van der Waals surface area contributed by atoms with Gasteiger partial charge in [-0.05, 0) is 42.3 Å². The topological polar surface area (TPSA) is 55.5 Å². The molecule has 0 unspecified atom stereocenters. The first kappa shape index (κ1) is 12.5. The Kier molecular flexibility index (Phi) is 3.06. The molecule has 1 heterocycles. The van der Waals surface area contributed by atoms with Crippen molar-refractivity contribution in [3.63, 3.8) is 0 Å². The number of nitrogens with zero attached hydrogens (tertiary/aromatic N) is 1. The van der Waals surface area contributed by atoms with Crippen LogP contribution < -0.4 is 4.74 Å². The Balaban J connectivity index is 2.09. The van der Waals surface area contributed by atoms with Crippen LogP contribution in [0.3, 0.4) is 0 Å². The molecule has 0 bridgehead atoms. The van der Waals surface area contributed by atoms with E-state index in [1.807, 2.05) is 18.2 Å². The molecule has 0 atom stereocenters. The van der Waals surface area contributed by atoms with E-state index in [-0.39, 0.29) is 5.75 Å². The summed E-state index contributed by atoms with van der Waals surface area (Å²) in [6.07, 6.45) is 0.963. The van der Waals surface area contributed by atoms with Gasteiger partial charge in [0.2, 0.25) is 5.89 Å². The van der Waals surface area contributed by atoms with E-state index in [1.54, 1.807) is 18.2 Å². The van der Waals surface area contributed by atoms with E-state index in [1.165, 1.54) is 12.7 Å². The number of fused-ring (bicyclic) bond motifs is 1. The molecule has 1 aromatic heterocycles. The van der Waals surface area contributed by atoms with Crippen molar-refractivity contribution in [3.05, 3.63) is 42.0 Å². The van der Waals surface area contributed by atoms with Gasteiger partial charge in [0.15, 0.2) is 17.1 Å². The van der Waals surface area contributed by atoms with Crippen molar-refractivity contribution in [2.24, 2.45) is 0 Å². The van der Waals surface area contributed by atoms with Crippen LogP contribution in [0.4, 0.5) is 0 Å². The lowest BCUT2D eigenvalue weighted by Crippen LogP contribution is -1.85. The summed E-state index contributed by atoms with van der Waals surface area (Å²) in [5.41, 5.74) is 3.59. The molecule has 2 aromatic carbocycles. The molecule has 0 aliphatic rings. The van der Waals surface area contributed by atoms with Crippen LogP contribution >= 0.6 is 0 Å². The number of hydrogen-bond acceptors (Lipinski definition) is 4. The number of methoxy groups -OCH3 is 1. The highest BCUT2D eigenvalue weighted by atomic mass is 16.5. The van der Waals surface area contributed by atoms with Crippen LogP contribution in [-0.4, -0.2) is 17.2 Å². The first-order chi connectivity index (χ1) is 9.71. The van der Waals surface area contributed by atoms with Crippen molar-refractivity contribution in [1.29, 1.82) is 0 Å². The molecule has 1 N–H and O–H groups in total. The zero-order valence-corrected chi connectivity index (χ0v) is 11.4. The minimum absolute atomic E-state index is 0.0978. The normalized spacial score (nSPS) is 10.9. The molecule has 0 saturated carbocycles. The van der Waals surface area contributed by atoms with Gasteiger partial charge in [-0.15, -0.1) is 0 Å². The highest BCUT2D eigenvalue weighted by Gasteiger charge is 2.11. The number of ether oxygens (including phenoxy) is 1. The van der Waals surface area contributed by atoms with Gasteiger partial charge in [-0.1, -0.05) is 13.0 Å². The molecular weight excluding hydrogens is 254 g/mol. The molecule has 4 nitrogen and oxygen atoms in total. The second kappa shape index (κ2) is 4.89. The third kappa shape index (κ3) is 2.09. The Morgan fingerprint density at radius 2 is 2.05 bits per heavy atom. The smallest absolute Gasteiger partial charge is 0.227 e. The lowest BCUT2D eigenvalue weighted by atomic mass is 10.1. The highest BCUT2D eigenvalue weighted by molar-refractivity contribution is 5.77. The highest BCUT2D eigenvalue weighted by Crippen LogP contribution is 2.32. The summed E-state index contributed by atoms with van der Waals surface area (Å²) in [5.74, 6) is 1.02. The number of benzene rings is 2. The lowest BCUT2D eigenvalue weighted by Gasteiger charge is -2.03. The Morgan fingerprint density at radius 1 is 1.20 bits per heavy atom. The molecule has 0 saturated heterocycles. The maximum atomic E-state index is 9.61. The van der Waals surface area contributed by atoms with Gasteiger partial charge in [0.1, 0.15) is 5.52 Å². The Hall–Kier alpha value is -2.49. The summed E-state index contributed by atoms with van der Waals surface area (Å²) >= 11 is 0. The van der Waals surface area contributed by atoms with Gasteiger partial charge >= 0.3 is 0 Å². The summed E-state index contributed by atoms with van der Waals surface area (Å²) in [6.45, 7) is 2.10. The predicted molar refractivity (Wildman–Crippen MR) is 77.0 cm³/mol. The summed E-state index contributed by atoms with van der Waals surface area (Å²) in [7, 11) is 1.51. The van der Waals surface area contributed by atoms with Crippen LogP contribution in [0, 0.1) is 0 Å². The van der Waals surface area contributed by atoms with Crippen molar-refractivity contribution < 1.29 is 14.3 Å². The Labute approximate surface area is 116 Å². The maximum Gasteiger partial charge on any atom is 0.227 e. The fourth-order valence-electron chi connectivity index (χ4n) is 2.13. The molecule has 4 heteroatoms. The molecular formula is C16H15NO3. The van der Waals surface area contributed by atoms with Gasteiger partial charge in [-0.2, -0.15) is 0 Å². The monoisotopic (exact) mass is 269 g/mol. The van der Waals surface area contributed by atoms with Gasteiger partial charge in [0.05, 0.1) is 7.11 Å². The fourth-order valence-corrected chi connectivity index (χ4v) is 2.13. The molecule has 3 aromatic rings. The van der Waals surface area contributed by atoms with Gasteiger partial charge < -0.3 is 14.3 Å². The fraction of sp³-hybridized carbons (Fsp3) is 0.188. The molecule has 0 radical (unpaired) electrons. The molecule has 20 heavy (non-hydrogen) atoms. The minimum atomic E-state index is 0.0978. The summed E-state index contributed by atoms with van der Waals surface area (Å²) in [6, 6.07) is 11.0. The average molecular weight is 269 g/mol. The van der Waals surface area contributed by atoms with Crippen LogP contribution in [0.5, 0.6) is 11.5 Å². The summed E-state index contributed by atoms with van der Waals surface area (Å²) in [4.78, 5) is 4.49. The van der Waals surface area contributed by atoms with Crippen molar-refractivity contribution in [2.45, 2.75) is 13.3 Å². The van der Waals surface area contributed by atoms with Gasteiger partial charge in [0, 0.05) is 5.56 Å². The van der Waals surface area contributed by atoms with Gasteiger partial charge in [-0.25, -0.2) is 4.98 Å². The number of aromatic nitrogens is 1. The first-order valence-electron chi connectivity index (χ1n) is 6.48. The third-order valence-corrected chi connectivity index (χ3v) is 3.29. The molecule has 0 aliphatic heterocycles. The second-order valence-electron chi connectivity index (χ2n) is 4.56. The number of aryl methyl sites for hydroxylation is 1. The second-order valence-corrected chi connectivity index (χ2v) is 4.56. The van der Waals surface area contributed by atoms with E-state index < -0.39 is 0 Å². The zero-order valence-electron chi connectivity index (χ0n) is 11.4. The minimum Gasteiger partial charge on any atom is -0.504 e. The molecule has 0 amide bonds. The number of phenols is 1. The van der Waals surface area contributed by atoms with Crippen LogP contribution in [0.2, 0.25) is 0 Å². The number of hydrogen-bond donors (Lipinski definition) is 1. The number of rotatable bonds is 3. The molecule has 0 aliphatic carbocycles. The quantitative estimate of drug-likeness (QED) is 0.786. The van der Waals surface area contributed by atoms with E-state index in [0.717, 1.165) is 23.1 Å². The molecule has 3 rings (SSSR count). The Bertz CT molecular complexity index is 762. The number of aromatic hydroxyl groups is 1. The SMILES string of the molecule is CCc1ccc2oc(-c3ccc(O)c(OC)c3)nc2c1. The largest absolute Gasteiger partial charge is 0.504 e.